The minimum atomic E-state index is -0.761. The molecule has 3 aliphatic rings. The molecule has 32 heavy (non-hydrogen) atoms. The number of aliphatic hydroxyl groups is 1. The van der Waals surface area contributed by atoms with Crippen LogP contribution in [0.3, 0.4) is 0 Å². The molecule has 0 bridgehead atoms. The molecule has 1 aromatic carbocycles. The molecule has 0 spiro atoms. The van der Waals surface area contributed by atoms with Gasteiger partial charge in [-0.15, -0.1) is 0 Å². The molecule has 3 amide bonds. The van der Waals surface area contributed by atoms with Gasteiger partial charge in [0.05, 0.1) is 11.1 Å². The molecule has 3 fully saturated rings. The van der Waals surface area contributed by atoms with Crippen LogP contribution in [0, 0.1) is 5.92 Å². The number of para-hydroxylation sites is 1. The Labute approximate surface area is 185 Å². The van der Waals surface area contributed by atoms with Gasteiger partial charge in [0, 0.05) is 17.5 Å². The third-order valence-electron chi connectivity index (χ3n) is 7.17. The van der Waals surface area contributed by atoms with Gasteiger partial charge in [0.15, 0.2) is 5.69 Å². The van der Waals surface area contributed by atoms with E-state index in [1.165, 1.54) is 4.68 Å². The topological polar surface area (TPSA) is 131 Å². The summed E-state index contributed by atoms with van der Waals surface area (Å²) in [6.07, 6.45) is 4.55. The van der Waals surface area contributed by atoms with Gasteiger partial charge in [-0.2, -0.15) is 5.10 Å². The summed E-state index contributed by atoms with van der Waals surface area (Å²) in [5.74, 6) is -0.609. The lowest BCUT2D eigenvalue weighted by Gasteiger charge is -2.35. The smallest absolute Gasteiger partial charge is 0.269 e. The second kappa shape index (κ2) is 7.58. The van der Waals surface area contributed by atoms with E-state index in [1.807, 2.05) is 6.07 Å². The van der Waals surface area contributed by atoms with Crippen LogP contribution in [-0.4, -0.2) is 61.2 Å². The third-order valence-corrected chi connectivity index (χ3v) is 7.17. The summed E-state index contributed by atoms with van der Waals surface area (Å²) in [5.41, 5.74) is 5.50. The Bertz CT molecular complexity index is 1090. The number of hydrogen-bond donors (Lipinski definition) is 3. The van der Waals surface area contributed by atoms with Crippen molar-refractivity contribution >= 4 is 28.6 Å². The SMILES string of the molecule is CC1(O)CCCC(NC(=O)[C@@H]2C[C@H]3C[C@H]3N2C(=O)Cn2nc(C(N)=O)c3ccccc32)C1. The minimum Gasteiger partial charge on any atom is -0.390 e. The van der Waals surface area contributed by atoms with Gasteiger partial charge in [-0.25, -0.2) is 0 Å². The van der Waals surface area contributed by atoms with Gasteiger partial charge < -0.3 is 21.1 Å². The first-order valence-electron chi connectivity index (χ1n) is 11.3. The molecule has 2 aliphatic carbocycles. The van der Waals surface area contributed by atoms with Crippen molar-refractivity contribution < 1.29 is 19.5 Å². The van der Waals surface area contributed by atoms with Crippen LogP contribution >= 0.6 is 0 Å². The number of rotatable bonds is 5. The number of primary amides is 1. The molecular formula is C23H29N5O4. The van der Waals surface area contributed by atoms with Crippen LogP contribution < -0.4 is 11.1 Å². The Hall–Kier alpha value is -2.94. The molecule has 4 N–H and O–H groups in total. The number of likely N-dealkylation sites (tertiary alicyclic amines) is 1. The maximum absolute atomic E-state index is 13.3. The molecular weight excluding hydrogens is 410 g/mol. The van der Waals surface area contributed by atoms with Crippen molar-refractivity contribution in [1.82, 2.24) is 20.0 Å². The van der Waals surface area contributed by atoms with E-state index < -0.39 is 17.6 Å². The van der Waals surface area contributed by atoms with Crippen molar-refractivity contribution in [2.45, 2.75) is 75.7 Å². The number of nitrogens with zero attached hydrogens (tertiary/aromatic N) is 3. The van der Waals surface area contributed by atoms with E-state index in [0.29, 0.717) is 29.7 Å². The first-order valence-corrected chi connectivity index (χ1v) is 11.3. The van der Waals surface area contributed by atoms with Gasteiger partial charge in [-0.1, -0.05) is 18.2 Å². The predicted octanol–water partition coefficient (Wildman–Crippen LogP) is 0.934. The zero-order valence-corrected chi connectivity index (χ0v) is 18.2. The largest absolute Gasteiger partial charge is 0.390 e. The Morgan fingerprint density at radius 2 is 2.06 bits per heavy atom. The van der Waals surface area contributed by atoms with Gasteiger partial charge in [-0.3, -0.25) is 19.1 Å². The fourth-order valence-corrected chi connectivity index (χ4v) is 5.57. The standard InChI is InChI=1S/C23H29N5O4/c1-23(32)8-4-5-14(11-23)25-22(31)18-10-13-9-17(13)28(18)19(29)12-27-16-7-3-2-6-15(16)20(26-27)21(24)30/h2-3,6-7,13-14,17-18,32H,4-5,8-12H2,1H3,(H2,24,30)(H,25,31)/t13-,14?,17-,18+,23?/m1/s1. The second-order valence-electron chi connectivity index (χ2n) is 9.80. The number of fused-ring (bicyclic) bond motifs is 2. The molecule has 2 unspecified atom stereocenters. The summed E-state index contributed by atoms with van der Waals surface area (Å²) < 4.78 is 1.50. The molecule has 170 valence electrons. The first kappa shape index (κ1) is 20.9. The van der Waals surface area contributed by atoms with Gasteiger partial charge in [0.2, 0.25) is 11.8 Å². The molecule has 2 heterocycles. The number of hydrogen-bond acceptors (Lipinski definition) is 5. The van der Waals surface area contributed by atoms with E-state index in [9.17, 15) is 19.5 Å². The average Bonchev–Trinajstić information content (AvgIpc) is 3.23. The van der Waals surface area contributed by atoms with E-state index >= 15 is 0 Å². The fourth-order valence-electron chi connectivity index (χ4n) is 5.57. The third kappa shape index (κ3) is 3.74. The molecule has 9 nitrogen and oxygen atoms in total. The van der Waals surface area contributed by atoms with E-state index in [2.05, 4.69) is 10.4 Å². The monoisotopic (exact) mass is 439 g/mol. The number of piperidine rings is 1. The number of aromatic nitrogens is 2. The molecule has 2 aromatic rings. The van der Waals surface area contributed by atoms with Crippen LogP contribution in [0.4, 0.5) is 0 Å². The lowest BCUT2D eigenvalue weighted by molar-refractivity contribution is -0.141. The highest BCUT2D eigenvalue weighted by Gasteiger charge is 2.56. The van der Waals surface area contributed by atoms with Crippen molar-refractivity contribution in [2.24, 2.45) is 11.7 Å². The van der Waals surface area contributed by atoms with E-state index in [0.717, 1.165) is 25.7 Å². The van der Waals surface area contributed by atoms with Crippen LogP contribution in [0.15, 0.2) is 24.3 Å². The van der Waals surface area contributed by atoms with Crippen molar-refractivity contribution in [1.29, 1.82) is 0 Å². The average molecular weight is 440 g/mol. The maximum Gasteiger partial charge on any atom is 0.269 e. The molecule has 9 heteroatoms. The van der Waals surface area contributed by atoms with Crippen LogP contribution in [0.2, 0.25) is 0 Å². The molecule has 0 radical (unpaired) electrons. The molecule has 1 aromatic heterocycles. The molecule has 1 saturated heterocycles. The summed E-state index contributed by atoms with van der Waals surface area (Å²) >= 11 is 0. The number of benzene rings is 1. The summed E-state index contributed by atoms with van der Waals surface area (Å²) in [5, 5.41) is 18.3. The summed E-state index contributed by atoms with van der Waals surface area (Å²) in [7, 11) is 0. The van der Waals surface area contributed by atoms with Gasteiger partial charge >= 0.3 is 0 Å². The number of carbonyl (C=O) groups is 3. The summed E-state index contributed by atoms with van der Waals surface area (Å²) in [4.78, 5) is 39.9. The maximum atomic E-state index is 13.3. The number of nitrogens with two attached hydrogens (primary N) is 1. The van der Waals surface area contributed by atoms with E-state index in [-0.39, 0.29) is 36.1 Å². The Balaban J connectivity index is 1.33. The minimum absolute atomic E-state index is 0.0566. The molecule has 5 rings (SSSR count). The Kier molecular flexibility index (Phi) is 4.96. The number of amides is 3. The van der Waals surface area contributed by atoms with Crippen molar-refractivity contribution in [2.75, 3.05) is 0 Å². The molecule has 1 aliphatic heterocycles. The van der Waals surface area contributed by atoms with Gasteiger partial charge in [0.25, 0.3) is 5.91 Å². The van der Waals surface area contributed by atoms with Gasteiger partial charge in [0.1, 0.15) is 12.6 Å². The quantitative estimate of drug-likeness (QED) is 0.638. The zero-order chi connectivity index (χ0) is 22.6. The van der Waals surface area contributed by atoms with Crippen molar-refractivity contribution in [3.8, 4) is 0 Å². The number of carbonyl (C=O) groups excluding carboxylic acids is 3. The lowest BCUT2D eigenvalue weighted by Crippen LogP contribution is -2.53. The van der Waals surface area contributed by atoms with Crippen LogP contribution in [0.5, 0.6) is 0 Å². The normalized spacial score (nSPS) is 31.4. The van der Waals surface area contributed by atoms with Crippen molar-refractivity contribution in [3.63, 3.8) is 0 Å². The van der Waals surface area contributed by atoms with Gasteiger partial charge in [-0.05, 0) is 57.4 Å². The lowest BCUT2D eigenvalue weighted by atomic mass is 9.83. The highest BCUT2D eigenvalue weighted by atomic mass is 16.3. The molecule has 5 atom stereocenters. The first-order chi connectivity index (χ1) is 15.2. The molecule has 2 saturated carbocycles. The van der Waals surface area contributed by atoms with Crippen LogP contribution in [0.25, 0.3) is 10.9 Å². The van der Waals surface area contributed by atoms with Crippen LogP contribution in [-0.2, 0) is 16.1 Å². The second-order valence-corrected chi connectivity index (χ2v) is 9.80. The summed E-state index contributed by atoms with van der Waals surface area (Å²) in [6.45, 7) is 1.75. The van der Waals surface area contributed by atoms with Crippen molar-refractivity contribution in [3.05, 3.63) is 30.0 Å². The highest BCUT2D eigenvalue weighted by Crippen LogP contribution is 2.48. The van der Waals surface area contributed by atoms with E-state index in [4.69, 9.17) is 5.73 Å². The zero-order valence-electron chi connectivity index (χ0n) is 18.2. The Morgan fingerprint density at radius 1 is 1.28 bits per heavy atom. The van der Waals surface area contributed by atoms with E-state index in [1.54, 1.807) is 30.0 Å². The van der Waals surface area contributed by atoms with Crippen LogP contribution in [0.1, 0.15) is 55.9 Å². The number of nitrogens with one attached hydrogen (secondary N) is 1. The fraction of sp³-hybridized carbons (Fsp3) is 0.565. The highest BCUT2D eigenvalue weighted by molar-refractivity contribution is 6.04. The Morgan fingerprint density at radius 3 is 2.81 bits per heavy atom. The predicted molar refractivity (Wildman–Crippen MR) is 116 cm³/mol. The summed E-state index contributed by atoms with van der Waals surface area (Å²) in [6, 6.07) is 6.67.